The standard InChI is InChI=1S/C10H7BrF2N2S/c11-10-9(16-8(4-14)15-10)5-1-2-6(12)7(13)3-5/h1-3H,4,14H2. The molecule has 0 spiro atoms. The monoisotopic (exact) mass is 304 g/mol. The van der Waals surface area contributed by atoms with Gasteiger partial charge in [0.1, 0.15) is 9.61 Å². The highest BCUT2D eigenvalue weighted by Gasteiger charge is 2.12. The second-order valence-corrected chi connectivity index (χ2v) is 4.90. The van der Waals surface area contributed by atoms with Crippen molar-refractivity contribution in [2.45, 2.75) is 6.54 Å². The van der Waals surface area contributed by atoms with Crippen LogP contribution in [0.1, 0.15) is 5.01 Å². The lowest BCUT2D eigenvalue weighted by Gasteiger charge is -1.98. The maximum absolute atomic E-state index is 13.1. The van der Waals surface area contributed by atoms with Gasteiger partial charge < -0.3 is 5.73 Å². The molecule has 0 aliphatic carbocycles. The van der Waals surface area contributed by atoms with Crippen molar-refractivity contribution in [3.8, 4) is 10.4 Å². The molecule has 0 fully saturated rings. The van der Waals surface area contributed by atoms with E-state index in [1.807, 2.05) is 0 Å². The van der Waals surface area contributed by atoms with Crippen LogP contribution in [-0.2, 0) is 6.54 Å². The lowest BCUT2D eigenvalue weighted by molar-refractivity contribution is 0.509. The second-order valence-electron chi connectivity index (χ2n) is 3.06. The molecule has 2 aromatic rings. The van der Waals surface area contributed by atoms with Crippen LogP contribution in [-0.4, -0.2) is 4.98 Å². The van der Waals surface area contributed by atoms with Crippen molar-refractivity contribution < 1.29 is 8.78 Å². The Balaban J connectivity index is 2.49. The Kier molecular flexibility index (Phi) is 3.32. The minimum Gasteiger partial charge on any atom is -0.325 e. The van der Waals surface area contributed by atoms with Gasteiger partial charge in [0.2, 0.25) is 0 Å². The van der Waals surface area contributed by atoms with Gasteiger partial charge in [0, 0.05) is 6.54 Å². The van der Waals surface area contributed by atoms with Crippen molar-refractivity contribution in [2.75, 3.05) is 0 Å². The summed E-state index contributed by atoms with van der Waals surface area (Å²) in [6.45, 7) is 0.326. The highest BCUT2D eigenvalue weighted by atomic mass is 79.9. The molecule has 84 valence electrons. The van der Waals surface area contributed by atoms with Crippen molar-refractivity contribution in [3.63, 3.8) is 0 Å². The van der Waals surface area contributed by atoms with Crippen molar-refractivity contribution in [3.05, 3.63) is 39.4 Å². The van der Waals surface area contributed by atoms with Gasteiger partial charge in [-0.15, -0.1) is 11.3 Å². The zero-order chi connectivity index (χ0) is 11.7. The second kappa shape index (κ2) is 4.57. The first-order valence-electron chi connectivity index (χ1n) is 4.42. The molecule has 0 aliphatic rings. The fourth-order valence-corrected chi connectivity index (χ4v) is 2.88. The number of hydrogen-bond donors (Lipinski definition) is 1. The molecule has 0 saturated carbocycles. The Labute approximate surface area is 103 Å². The summed E-state index contributed by atoms with van der Waals surface area (Å²) in [6, 6.07) is 3.75. The molecule has 0 saturated heterocycles. The number of aromatic nitrogens is 1. The zero-order valence-corrected chi connectivity index (χ0v) is 10.4. The van der Waals surface area contributed by atoms with Gasteiger partial charge in [-0.3, -0.25) is 0 Å². The van der Waals surface area contributed by atoms with Crippen LogP contribution >= 0.6 is 27.3 Å². The molecule has 1 aromatic heterocycles. The SMILES string of the molecule is NCc1nc(Br)c(-c2ccc(F)c(F)c2)s1. The summed E-state index contributed by atoms with van der Waals surface area (Å²) in [5, 5.41) is 0.742. The van der Waals surface area contributed by atoms with Crippen LogP contribution in [0, 0.1) is 11.6 Å². The summed E-state index contributed by atoms with van der Waals surface area (Å²) >= 11 is 4.62. The first-order chi connectivity index (χ1) is 7.61. The average Bonchev–Trinajstić information content (AvgIpc) is 2.64. The minimum atomic E-state index is -0.868. The van der Waals surface area contributed by atoms with Gasteiger partial charge >= 0.3 is 0 Å². The normalized spacial score (nSPS) is 10.8. The molecule has 2 N–H and O–H groups in total. The largest absolute Gasteiger partial charge is 0.325 e. The van der Waals surface area contributed by atoms with Gasteiger partial charge in [0.25, 0.3) is 0 Å². The molecular formula is C10H7BrF2N2S. The maximum Gasteiger partial charge on any atom is 0.159 e. The third kappa shape index (κ3) is 2.14. The highest BCUT2D eigenvalue weighted by Crippen LogP contribution is 2.34. The molecule has 0 radical (unpaired) electrons. The molecule has 0 unspecified atom stereocenters. The first kappa shape index (κ1) is 11.6. The third-order valence-corrected chi connectivity index (χ3v) is 3.95. The van der Waals surface area contributed by atoms with E-state index in [4.69, 9.17) is 5.73 Å². The number of nitrogens with two attached hydrogens (primary N) is 1. The summed E-state index contributed by atoms with van der Waals surface area (Å²) < 4.78 is 26.4. The van der Waals surface area contributed by atoms with E-state index in [1.54, 1.807) is 0 Å². The number of hydrogen-bond acceptors (Lipinski definition) is 3. The molecule has 0 atom stereocenters. The summed E-state index contributed by atoms with van der Waals surface area (Å²) in [5.74, 6) is -1.73. The van der Waals surface area contributed by atoms with Gasteiger partial charge in [0.05, 0.1) is 4.88 Å². The van der Waals surface area contributed by atoms with E-state index in [0.29, 0.717) is 16.7 Å². The topological polar surface area (TPSA) is 38.9 Å². The predicted molar refractivity (Wildman–Crippen MR) is 63.1 cm³/mol. The number of rotatable bonds is 2. The molecular weight excluding hydrogens is 298 g/mol. The molecule has 1 heterocycles. The Morgan fingerprint density at radius 1 is 1.31 bits per heavy atom. The van der Waals surface area contributed by atoms with Gasteiger partial charge in [0.15, 0.2) is 11.6 Å². The van der Waals surface area contributed by atoms with E-state index in [-0.39, 0.29) is 0 Å². The summed E-state index contributed by atoms with van der Waals surface area (Å²) in [7, 11) is 0. The molecule has 0 amide bonds. The van der Waals surface area contributed by atoms with Crippen molar-refractivity contribution in [1.82, 2.24) is 4.98 Å². The molecule has 0 bridgehead atoms. The predicted octanol–water partition coefficient (Wildman–Crippen LogP) is 3.31. The van der Waals surface area contributed by atoms with Gasteiger partial charge in [-0.1, -0.05) is 6.07 Å². The Hall–Kier alpha value is -0.850. The van der Waals surface area contributed by atoms with E-state index in [2.05, 4.69) is 20.9 Å². The summed E-state index contributed by atoms with van der Waals surface area (Å²) in [6.07, 6.45) is 0. The molecule has 2 rings (SSSR count). The third-order valence-electron chi connectivity index (χ3n) is 1.99. The van der Waals surface area contributed by atoms with Gasteiger partial charge in [-0.2, -0.15) is 0 Å². The fourth-order valence-electron chi connectivity index (χ4n) is 1.25. The molecule has 16 heavy (non-hydrogen) atoms. The van der Waals surface area contributed by atoms with Crippen molar-refractivity contribution in [1.29, 1.82) is 0 Å². The molecule has 1 aromatic carbocycles. The summed E-state index contributed by atoms with van der Waals surface area (Å²) in [4.78, 5) is 4.90. The van der Waals surface area contributed by atoms with Crippen LogP contribution in [0.2, 0.25) is 0 Å². The first-order valence-corrected chi connectivity index (χ1v) is 6.03. The smallest absolute Gasteiger partial charge is 0.159 e. The van der Waals surface area contributed by atoms with Gasteiger partial charge in [-0.25, -0.2) is 13.8 Å². The molecule has 6 heteroatoms. The van der Waals surface area contributed by atoms with Crippen LogP contribution < -0.4 is 5.73 Å². The van der Waals surface area contributed by atoms with Crippen molar-refractivity contribution in [2.24, 2.45) is 5.73 Å². The Morgan fingerprint density at radius 2 is 2.06 bits per heavy atom. The van der Waals surface area contributed by atoms with E-state index in [0.717, 1.165) is 22.0 Å². The lowest BCUT2D eigenvalue weighted by Crippen LogP contribution is -1.93. The van der Waals surface area contributed by atoms with E-state index in [1.165, 1.54) is 17.4 Å². The summed E-state index contributed by atoms with van der Waals surface area (Å²) in [5.41, 5.74) is 6.04. The number of thiazole rings is 1. The van der Waals surface area contributed by atoms with Gasteiger partial charge in [-0.05, 0) is 33.6 Å². The minimum absolute atomic E-state index is 0.326. The number of nitrogens with zero attached hydrogens (tertiary/aromatic N) is 1. The lowest BCUT2D eigenvalue weighted by atomic mass is 10.2. The zero-order valence-electron chi connectivity index (χ0n) is 8.01. The van der Waals surface area contributed by atoms with E-state index in [9.17, 15) is 8.78 Å². The molecule has 2 nitrogen and oxygen atoms in total. The fraction of sp³-hybridized carbons (Fsp3) is 0.100. The maximum atomic E-state index is 13.1. The Morgan fingerprint density at radius 3 is 2.62 bits per heavy atom. The Bertz CT molecular complexity index is 528. The van der Waals surface area contributed by atoms with Crippen LogP contribution in [0.3, 0.4) is 0 Å². The number of halogens is 3. The van der Waals surface area contributed by atoms with Crippen molar-refractivity contribution >= 4 is 27.3 Å². The van der Waals surface area contributed by atoms with Crippen LogP contribution in [0.4, 0.5) is 8.78 Å². The quantitative estimate of drug-likeness (QED) is 0.924. The molecule has 0 aliphatic heterocycles. The van der Waals surface area contributed by atoms with E-state index < -0.39 is 11.6 Å². The average molecular weight is 305 g/mol. The highest BCUT2D eigenvalue weighted by molar-refractivity contribution is 9.10. The van der Waals surface area contributed by atoms with Crippen LogP contribution in [0.15, 0.2) is 22.8 Å². The van der Waals surface area contributed by atoms with Crippen LogP contribution in [0.25, 0.3) is 10.4 Å². The number of benzene rings is 1. The van der Waals surface area contributed by atoms with Crippen LogP contribution in [0.5, 0.6) is 0 Å². The van der Waals surface area contributed by atoms with E-state index >= 15 is 0 Å².